The summed E-state index contributed by atoms with van der Waals surface area (Å²) in [6, 6.07) is 0. The van der Waals surface area contributed by atoms with Crippen LogP contribution in [0.3, 0.4) is 0 Å². The Balaban J connectivity index is 1.73. The van der Waals surface area contributed by atoms with E-state index in [1.165, 1.54) is 5.57 Å². The van der Waals surface area contributed by atoms with E-state index < -0.39 is 0 Å². The third-order valence-corrected chi connectivity index (χ3v) is 7.35. The van der Waals surface area contributed by atoms with Gasteiger partial charge < -0.3 is 5.11 Å². The molecule has 0 saturated heterocycles. The predicted octanol–water partition coefficient (Wildman–Crippen LogP) is 2.67. The lowest BCUT2D eigenvalue weighted by Crippen LogP contribution is -2.51. The minimum atomic E-state index is -0.285. The van der Waals surface area contributed by atoms with Gasteiger partial charge in [-0.3, -0.25) is 9.59 Å². The number of aliphatic hydroxyl groups excluding tert-OH is 1. The van der Waals surface area contributed by atoms with Gasteiger partial charge in [-0.1, -0.05) is 12.5 Å². The molecule has 21 heavy (non-hydrogen) atoms. The molecule has 3 heteroatoms. The Kier molecular flexibility index (Phi) is 2.79. The van der Waals surface area contributed by atoms with Crippen LogP contribution in [-0.4, -0.2) is 23.3 Å². The Morgan fingerprint density at radius 2 is 2.00 bits per heavy atom. The van der Waals surface area contributed by atoms with E-state index in [9.17, 15) is 14.7 Å². The summed E-state index contributed by atoms with van der Waals surface area (Å²) in [5, 5.41) is 10.1. The molecule has 0 amide bonds. The van der Waals surface area contributed by atoms with Crippen molar-refractivity contribution >= 4 is 11.6 Å². The Bertz CT molecular complexity index is 549. The first-order valence-corrected chi connectivity index (χ1v) is 8.39. The second kappa shape index (κ2) is 4.28. The predicted molar refractivity (Wildman–Crippen MR) is 78.5 cm³/mol. The van der Waals surface area contributed by atoms with Crippen LogP contribution in [-0.2, 0) is 9.59 Å². The number of fused-ring (bicyclic) bond motifs is 5. The monoisotopic (exact) mass is 288 g/mol. The zero-order chi connectivity index (χ0) is 14.8. The van der Waals surface area contributed by atoms with E-state index in [1.54, 1.807) is 6.08 Å². The van der Waals surface area contributed by atoms with E-state index in [1.807, 2.05) is 0 Å². The van der Waals surface area contributed by atoms with Crippen LogP contribution in [0.5, 0.6) is 0 Å². The highest BCUT2D eigenvalue weighted by atomic mass is 16.3. The number of ketones is 2. The van der Waals surface area contributed by atoms with E-state index in [2.05, 4.69) is 6.92 Å². The normalized spacial score (nSPS) is 48.7. The zero-order valence-corrected chi connectivity index (χ0v) is 12.7. The summed E-state index contributed by atoms with van der Waals surface area (Å²) in [7, 11) is 0. The highest BCUT2D eigenvalue weighted by Gasteiger charge is 2.60. The van der Waals surface area contributed by atoms with Crippen LogP contribution in [0.1, 0.15) is 51.9 Å². The molecule has 4 rings (SSSR count). The van der Waals surface area contributed by atoms with E-state index in [0.717, 1.165) is 38.5 Å². The molecule has 0 aromatic rings. The van der Waals surface area contributed by atoms with Crippen molar-refractivity contribution in [2.75, 3.05) is 6.61 Å². The van der Waals surface area contributed by atoms with E-state index in [0.29, 0.717) is 30.0 Å². The molecule has 0 radical (unpaired) electrons. The largest absolute Gasteiger partial charge is 0.395 e. The summed E-state index contributed by atoms with van der Waals surface area (Å²) < 4.78 is 0. The summed E-state index contributed by atoms with van der Waals surface area (Å²) in [6.07, 6.45) is 8.03. The number of allylic oxidation sites excluding steroid dienone is 1. The first-order valence-electron chi connectivity index (χ1n) is 8.39. The van der Waals surface area contributed by atoms with Gasteiger partial charge in [0.25, 0.3) is 0 Å². The fraction of sp³-hybridized carbons (Fsp3) is 0.778. The smallest absolute Gasteiger partial charge is 0.156 e. The number of hydrogen-bond donors (Lipinski definition) is 1. The average Bonchev–Trinajstić information content (AvgIpc) is 2.96. The minimum absolute atomic E-state index is 0.100. The molecule has 5 atom stereocenters. The molecular formula is C18H24O3. The fourth-order valence-electron chi connectivity index (χ4n) is 6.25. The molecule has 3 nitrogen and oxygen atoms in total. The second-order valence-electron chi connectivity index (χ2n) is 7.96. The van der Waals surface area contributed by atoms with Crippen LogP contribution in [0.2, 0.25) is 0 Å². The van der Waals surface area contributed by atoms with Crippen LogP contribution in [0.4, 0.5) is 0 Å². The molecular weight excluding hydrogens is 264 g/mol. The van der Waals surface area contributed by atoms with Gasteiger partial charge >= 0.3 is 0 Å². The summed E-state index contributed by atoms with van der Waals surface area (Å²) in [5.74, 6) is 2.04. The number of carbonyl (C=O) groups is 2. The third kappa shape index (κ3) is 1.59. The fourth-order valence-corrected chi connectivity index (χ4v) is 6.25. The molecule has 0 bridgehead atoms. The Morgan fingerprint density at radius 1 is 1.19 bits per heavy atom. The number of hydrogen-bond acceptors (Lipinski definition) is 3. The van der Waals surface area contributed by atoms with E-state index in [4.69, 9.17) is 0 Å². The van der Waals surface area contributed by atoms with Crippen LogP contribution in [0, 0.1) is 28.6 Å². The molecule has 4 aliphatic rings. The van der Waals surface area contributed by atoms with E-state index in [-0.39, 0.29) is 23.2 Å². The molecule has 0 spiro atoms. The zero-order valence-electron chi connectivity index (χ0n) is 12.7. The maximum absolute atomic E-state index is 12.3. The summed E-state index contributed by atoms with van der Waals surface area (Å²) in [4.78, 5) is 24.3. The molecule has 114 valence electrons. The quantitative estimate of drug-likeness (QED) is 0.807. The molecule has 0 unspecified atom stereocenters. The summed E-state index contributed by atoms with van der Waals surface area (Å²) >= 11 is 0. The van der Waals surface area contributed by atoms with Crippen molar-refractivity contribution in [3.63, 3.8) is 0 Å². The molecule has 3 fully saturated rings. The van der Waals surface area contributed by atoms with Crippen LogP contribution < -0.4 is 0 Å². The van der Waals surface area contributed by atoms with Crippen molar-refractivity contribution < 1.29 is 14.7 Å². The number of rotatable bonds is 1. The van der Waals surface area contributed by atoms with Gasteiger partial charge in [0.2, 0.25) is 0 Å². The lowest BCUT2D eigenvalue weighted by atomic mass is 9.49. The molecule has 1 N–H and O–H groups in total. The van der Waals surface area contributed by atoms with Gasteiger partial charge in [0, 0.05) is 23.7 Å². The molecule has 0 aromatic carbocycles. The summed E-state index contributed by atoms with van der Waals surface area (Å²) in [6.45, 7) is 2.27. The molecule has 0 aliphatic heterocycles. The number of aliphatic hydroxyl groups is 1. The van der Waals surface area contributed by atoms with Gasteiger partial charge in [0.1, 0.15) is 5.78 Å². The van der Waals surface area contributed by atoms with Crippen LogP contribution in [0.25, 0.3) is 0 Å². The average molecular weight is 288 g/mol. The third-order valence-electron chi connectivity index (χ3n) is 7.35. The van der Waals surface area contributed by atoms with Crippen molar-refractivity contribution in [2.24, 2.45) is 28.6 Å². The van der Waals surface area contributed by atoms with Crippen molar-refractivity contribution in [2.45, 2.75) is 51.9 Å². The van der Waals surface area contributed by atoms with Gasteiger partial charge in [-0.05, 0) is 55.9 Å². The van der Waals surface area contributed by atoms with Crippen LogP contribution >= 0.6 is 0 Å². The van der Waals surface area contributed by atoms with Crippen molar-refractivity contribution in [1.29, 1.82) is 0 Å². The Labute approximate surface area is 125 Å². The first kappa shape index (κ1) is 13.7. The highest BCUT2D eigenvalue weighted by molar-refractivity contribution is 5.94. The first-order chi connectivity index (χ1) is 10.0. The van der Waals surface area contributed by atoms with Crippen LogP contribution in [0.15, 0.2) is 11.6 Å². The topological polar surface area (TPSA) is 54.4 Å². The molecule has 3 saturated carbocycles. The van der Waals surface area contributed by atoms with Crippen molar-refractivity contribution in [3.05, 3.63) is 11.6 Å². The van der Waals surface area contributed by atoms with Crippen molar-refractivity contribution in [3.8, 4) is 0 Å². The molecule has 4 aliphatic carbocycles. The van der Waals surface area contributed by atoms with Gasteiger partial charge in [-0.2, -0.15) is 0 Å². The van der Waals surface area contributed by atoms with Crippen molar-refractivity contribution in [1.82, 2.24) is 0 Å². The number of Topliss-reactive ketones (excluding diaryl/α,β-unsaturated/α-hetero) is 1. The minimum Gasteiger partial charge on any atom is -0.395 e. The highest BCUT2D eigenvalue weighted by Crippen LogP contribution is 2.64. The molecule has 0 heterocycles. The summed E-state index contributed by atoms with van der Waals surface area (Å²) in [5.41, 5.74) is 0.790. The van der Waals surface area contributed by atoms with Gasteiger partial charge in [-0.15, -0.1) is 0 Å². The van der Waals surface area contributed by atoms with Gasteiger partial charge in [0.15, 0.2) is 5.78 Å². The standard InChI is InChI=1S/C18H24O3/c1-17-7-6-15-13(14(17)4-5-16(17)21)3-2-11-8-12(20)9-18(11,15)10-19/h8,13-15,19H,2-7,9-10H2,1H3/t13-,14-,15-,17-,18+/m0/s1. The van der Waals surface area contributed by atoms with Gasteiger partial charge in [0.05, 0.1) is 6.61 Å². The Morgan fingerprint density at radius 3 is 2.76 bits per heavy atom. The molecule has 0 aromatic heterocycles. The number of carbonyl (C=O) groups excluding carboxylic acids is 2. The maximum atomic E-state index is 12.3. The van der Waals surface area contributed by atoms with Gasteiger partial charge in [-0.25, -0.2) is 0 Å². The Hall–Kier alpha value is -0.960. The second-order valence-corrected chi connectivity index (χ2v) is 7.96. The maximum Gasteiger partial charge on any atom is 0.156 e. The SMILES string of the molecule is C[C@]12CC[C@H]3[C@@H](CCC4=CC(=O)C[C@@]43CO)[C@@H]1CCC2=O. The van der Waals surface area contributed by atoms with E-state index >= 15 is 0 Å². The lowest BCUT2D eigenvalue weighted by Gasteiger charge is -2.55. The lowest BCUT2D eigenvalue weighted by molar-refractivity contribution is -0.134.